The van der Waals surface area contributed by atoms with Gasteiger partial charge >= 0.3 is 5.97 Å². The van der Waals surface area contributed by atoms with E-state index in [2.05, 4.69) is 10.5 Å². The molecule has 2 rings (SSSR count). The highest BCUT2D eigenvalue weighted by atomic mass is 35.5. The second-order valence-electron chi connectivity index (χ2n) is 5.60. The number of hydrogen-bond donors (Lipinski definition) is 1. The van der Waals surface area contributed by atoms with Crippen LogP contribution in [0.2, 0.25) is 5.02 Å². The highest BCUT2D eigenvalue weighted by Crippen LogP contribution is 2.27. The van der Waals surface area contributed by atoms with E-state index in [1.807, 2.05) is 13.8 Å². The van der Waals surface area contributed by atoms with E-state index in [-0.39, 0.29) is 12.4 Å². The molecule has 25 heavy (non-hydrogen) atoms. The molecule has 1 aromatic heterocycles. The molecule has 0 radical (unpaired) electrons. The van der Waals surface area contributed by atoms with Crippen LogP contribution < -0.4 is 10.1 Å². The Morgan fingerprint density at radius 2 is 1.88 bits per heavy atom. The number of benzene rings is 1. The molecule has 134 valence electrons. The van der Waals surface area contributed by atoms with Gasteiger partial charge in [0.05, 0.1) is 0 Å². The lowest BCUT2D eigenvalue weighted by Gasteiger charge is -2.15. The summed E-state index contributed by atoms with van der Waals surface area (Å²) in [6.07, 6.45) is -1.000. The number of aromatic nitrogens is 1. The SMILES string of the molecule is Cc1cc(NC(=O)[C@H](C)OC(=O)COc2c(C)cc(Cl)cc2C)no1. The molecule has 1 amide bonds. The molecule has 1 atom stereocenters. The van der Waals surface area contributed by atoms with Gasteiger partial charge in [-0.3, -0.25) is 4.79 Å². The van der Waals surface area contributed by atoms with Crippen LogP contribution in [0.25, 0.3) is 0 Å². The zero-order valence-electron chi connectivity index (χ0n) is 14.4. The van der Waals surface area contributed by atoms with Gasteiger partial charge in [-0.1, -0.05) is 16.8 Å². The molecule has 2 aromatic rings. The van der Waals surface area contributed by atoms with E-state index in [0.29, 0.717) is 16.5 Å². The number of halogens is 1. The third kappa shape index (κ3) is 5.22. The largest absolute Gasteiger partial charge is 0.481 e. The minimum atomic E-state index is -1.000. The molecule has 1 N–H and O–H groups in total. The van der Waals surface area contributed by atoms with Gasteiger partial charge < -0.3 is 19.3 Å². The maximum atomic E-state index is 12.0. The van der Waals surface area contributed by atoms with Crippen LogP contribution in [0.15, 0.2) is 22.7 Å². The molecule has 0 bridgehead atoms. The summed E-state index contributed by atoms with van der Waals surface area (Å²) in [6, 6.07) is 5.04. The molecule has 0 saturated carbocycles. The molecule has 0 spiro atoms. The first-order valence-electron chi connectivity index (χ1n) is 7.59. The standard InChI is InChI=1S/C17H19ClN2O5/c1-9-5-13(18)6-10(2)16(9)23-8-15(21)24-12(4)17(22)19-14-7-11(3)25-20-14/h5-7,12H,8H2,1-4H3,(H,19,20,22)/t12-/m0/s1. The van der Waals surface area contributed by atoms with Gasteiger partial charge in [-0.2, -0.15) is 0 Å². The van der Waals surface area contributed by atoms with Crippen LogP contribution >= 0.6 is 11.6 Å². The molecule has 0 saturated heterocycles. The van der Waals surface area contributed by atoms with Gasteiger partial charge in [-0.25, -0.2) is 4.79 Å². The normalized spacial score (nSPS) is 11.7. The van der Waals surface area contributed by atoms with Crippen molar-refractivity contribution in [3.63, 3.8) is 0 Å². The number of amides is 1. The Labute approximate surface area is 150 Å². The summed E-state index contributed by atoms with van der Waals surface area (Å²) < 4.78 is 15.4. The number of aryl methyl sites for hydroxylation is 3. The van der Waals surface area contributed by atoms with Gasteiger partial charge in [0.1, 0.15) is 11.5 Å². The number of hydrogen-bond acceptors (Lipinski definition) is 6. The van der Waals surface area contributed by atoms with Crippen LogP contribution in [0.4, 0.5) is 5.82 Å². The molecule has 0 unspecified atom stereocenters. The molecule has 0 aliphatic rings. The van der Waals surface area contributed by atoms with E-state index in [0.717, 1.165) is 11.1 Å². The second kappa shape index (κ2) is 8.02. The van der Waals surface area contributed by atoms with Crippen molar-refractivity contribution in [3.05, 3.63) is 40.1 Å². The lowest BCUT2D eigenvalue weighted by Crippen LogP contribution is -2.31. The van der Waals surface area contributed by atoms with E-state index in [1.54, 1.807) is 25.1 Å². The Morgan fingerprint density at radius 1 is 1.24 bits per heavy atom. The number of carbonyl (C=O) groups excluding carboxylic acids is 2. The molecule has 1 aromatic carbocycles. The van der Waals surface area contributed by atoms with Crippen LogP contribution in [0.3, 0.4) is 0 Å². The van der Waals surface area contributed by atoms with Gasteiger partial charge in [-0.15, -0.1) is 0 Å². The molecule has 0 aliphatic heterocycles. The third-order valence-corrected chi connectivity index (χ3v) is 3.53. The zero-order chi connectivity index (χ0) is 18.6. The smallest absolute Gasteiger partial charge is 0.344 e. The van der Waals surface area contributed by atoms with Gasteiger partial charge in [0.25, 0.3) is 5.91 Å². The van der Waals surface area contributed by atoms with E-state index < -0.39 is 18.0 Å². The molecule has 0 aliphatic carbocycles. The first-order valence-corrected chi connectivity index (χ1v) is 7.97. The fourth-order valence-electron chi connectivity index (χ4n) is 2.19. The number of nitrogens with one attached hydrogen (secondary N) is 1. The molecule has 0 fully saturated rings. The van der Waals surface area contributed by atoms with Gasteiger partial charge in [0.2, 0.25) is 0 Å². The Morgan fingerprint density at radius 3 is 2.44 bits per heavy atom. The number of carbonyl (C=O) groups is 2. The van der Waals surface area contributed by atoms with Crippen molar-refractivity contribution < 1.29 is 23.6 Å². The zero-order valence-corrected chi connectivity index (χ0v) is 15.1. The van der Waals surface area contributed by atoms with Gasteiger partial charge in [0, 0.05) is 11.1 Å². The number of anilines is 1. The van der Waals surface area contributed by atoms with Crippen molar-refractivity contribution in [1.82, 2.24) is 5.16 Å². The van der Waals surface area contributed by atoms with E-state index in [9.17, 15) is 9.59 Å². The first-order chi connectivity index (χ1) is 11.8. The maximum absolute atomic E-state index is 12.0. The summed E-state index contributed by atoms with van der Waals surface area (Å²) in [6.45, 7) is 6.50. The summed E-state index contributed by atoms with van der Waals surface area (Å²) in [5, 5.41) is 6.72. The highest BCUT2D eigenvalue weighted by Gasteiger charge is 2.20. The number of esters is 1. The average Bonchev–Trinajstić information content (AvgIpc) is 2.91. The summed E-state index contributed by atoms with van der Waals surface area (Å²) in [7, 11) is 0. The minimum absolute atomic E-state index is 0.258. The van der Waals surface area contributed by atoms with Crippen LogP contribution in [0, 0.1) is 20.8 Å². The number of nitrogens with zero attached hydrogens (tertiary/aromatic N) is 1. The molecule has 7 nitrogen and oxygen atoms in total. The Balaban J connectivity index is 1.86. The van der Waals surface area contributed by atoms with Crippen molar-refractivity contribution in [2.24, 2.45) is 0 Å². The summed E-state index contributed by atoms with van der Waals surface area (Å²) in [4.78, 5) is 23.8. The van der Waals surface area contributed by atoms with E-state index in [1.165, 1.54) is 6.92 Å². The average molecular weight is 367 g/mol. The van der Waals surface area contributed by atoms with Crippen molar-refractivity contribution in [2.75, 3.05) is 11.9 Å². The molecular formula is C17H19ClN2O5. The van der Waals surface area contributed by atoms with Crippen molar-refractivity contribution in [3.8, 4) is 5.75 Å². The van der Waals surface area contributed by atoms with Gasteiger partial charge in [0.15, 0.2) is 18.5 Å². The van der Waals surface area contributed by atoms with E-state index in [4.69, 9.17) is 25.6 Å². The van der Waals surface area contributed by atoms with Crippen LogP contribution in [-0.2, 0) is 14.3 Å². The quantitative estimate of drug-likeness (QED) is 0.789. The Bertz CT molecular complexity index is 764. The highest BCUT2D eigenvalue weighted by molar-refractivity contribution is 6.30. The number of ether oxygens (including phenoxy) is 2. The Hall–Kier alpha value is -2.54. The third-order valence-electron chi connectivity index (χ3n) is 3.32. The first kappa shape index (κ1) is 18.8. The topological polar surface area (TPSA) is 90.7 Å². The van der Waals surface area contributed by atoms with Crippen molar-refractivity contribution >= 4 is 29.3 Å². The van der Waals surface area contributed by atoms with Gasteiger partial charge in [-0.05, 0) is 51.0 Å². The molecule has 1 heterocycles. The van der Waals surface area contributed by atoms with Crippen LogP contribution in [0.1, 0.15) is 23.8 Å². The van der Waals surface area contributed by atoms with Crippen molar-refractivity contribution in [1.29, 1.82) is 0 Å². The predicted octanol–water partition coefficient (Wildman–Crippen LogP) is 3.20. The van der Waals surface area contributed by atoms with Crippen LogP contribution in [-0.4, -0.2) is 29.7 Å². The monoisotopic (exact) mass is 366 g/mol. The summed E-state index contributed by atoms with van der Waals surface area (Å²) in [5.41, 5.74) is 1.62. The molecule has 8 heteroatoms. The maximum Gasteiger partial charge on any atom is 0.344 e. The minimum Gasteiger partial charge on any atom is -0.481 e. The molecular weight excluding hydrogens is 348 g/mol. The predicted molar refractivity (Wildman–Crippen MR) is 91.8 cm³/mol. The lowest BCUT2D eigenvalue weighted by atomic mass is 10.1. The fourth-order valence-corrected chi connectivity index (χ4v) is 2.52. The second-order valence-corrected chi connectivity index (χ2v) is 6.04. The van der Waals surface area contributed by atoms with E-state index >= 15 is 0 Å². The lowest BCUT2D eigenvalue weighted by molar-refractivity contribution is -0.155. The number of rotatable bonds is 6. The van der Waals surface area contributed by atoms with Crippen LogP contribution in [0.5, 0.6) is 5.75 Å². The summed E-state index contributed by atoms with van der Waals surface area (Å²) in [5.74, 6) is 0.209. The Kier molecular flexibility index (Phi) is 6.03. The fraction of sp³-hybridized carbons (Fsp3) is 0.353. The van der Waals surface area contributed by atoms with Crippen molar-refractivity contribution in [2.45, 2.75) is 33.8 Å². The summed E-state index contributed by atoms with van der Waals surface area (Å²) >= 11 is 5.95.